The average Bonchev–Trinajstić information content (AvgIpc) is 2.72. The van der Waals surface area contributed by atoms with E-state index in [0.717, 1.165) is 27.9 Å². The molecule has 0 atom stereocenters. The largest absolute Gasteiger partial charge is 0.503 e. The number of pyridine rings is 1. The summed E-state index contributed by atoms with van der Waals surface area (Å²) >= 11 is 0. The molecule has 0 aliphatic rings. The van der Waals surface area contributed by atoms with Crippen molar-refractivity contribution in [3.8, 4) is 16.9 Å². The standard InChI is InChI=1S/C16H17N3O2/c1-9-13(10(2)19(4)17-9)14-11-7-5-6-8-12(11)18(3)16(21)15(14)20/h5-8,20H,1-4H3. The van der Waals surface area contributed by atoms with Crippen molar-refractivity contribution < 1.29 is 5.11 Å². The maximum Gasteiger partial charge on any atom is 0.293 e. The number of hydrogen-bond donors (Lipinski definition) is 1. The second kappa shape index (κ2) is 4.48. The molecule has 5 nitrogen and oxygen atoms in total. The summed E-state index contributed by atoms with van der Waals surface area (Å²) in [6.07, 6.45) is 0. The van der Waals surface area contributed by atoms with Crippen LogP contribution in [0.1, 0.15) is 11.4 Å². The maximum atomic E-state index is 12.3. The Hall–Kier alpha value is -2.56. The van der Waals surface area contributed by atoms with E-state index in [2.05, 4.69) is 5.10 Å². The second-order valence-corrected chi connectivity index (χ2v) is 5.27. The number of aromatic nitrogens is 3. The lowest BCUT2D eigenvalue weighted by Crippen LogP contribution is -2.17. The Morgan fingerprint density at radius 2 is 1.76 bits per heavy atom. The molecule has 0 radical (unpaired) electrons. The molecule has 0 saturated carbocycles. The third-order valence-corrected chi connectivity index (χ3v) is 4.04. The molecule has 0 spiro atoms. The maximum absolute atomic E-state index is 12.3. The van der Waals surface area contributed by atoms with Gasteiger partial charge in [-0.1, -0.05) is 18.2 Å². The average molecular weight is 283 g/mol. The normalized spacial score (nSPS) is 11.2. The summed E-state index contributed by atoms with van der Waals surface area (Å²) in [5.41, 5.74) is 3.50. The fourth-order valence-electron chi connectivity index (χ4n) is 2.87. The van der Waals surface area contributed by atoms with E-state index in [4.69, 9.17) is 0 Å². The van der Waals surface area contributed by atoms with Crippen LogP contribution < -0.4 is 5.56 Å². The molecule has 3 aromatic rings. The molecule has 108 valence electrons. The fraction of sp³-hybridized carbons (Fsp3) is 0.250. The van der Waals surface area contributed by atoms with Crippen molar-refractivity contribution in [3.05, 3.63) is 46.0 Å². The van der Waals surface area contributed by atoms with E-state index in [1.165, 1.54) is 4.57 Å². The van der Waals surface area contributed by atoms with Crippen molar-refractivity contribution in [1.29, 1.82) is 0 Å². The van der Waals surface area contributed by atoms with Crippen LogP contribution in [0.3, 0.4) is 0 Å². The highest BCUT2D eigenvalue weighted by atomic mass is 16.3. The van der Waals surface area contributed by atoms with Gasteiger partial charge in [0, 0.05) is 36.3 Å². The number of aromatic hydroxyl groups is 1. The van der Waals surface area contributed by atoms with Crippen LogP contribution >= 0.6 is 0 Å². The molecule has 2 aromatic heterocycles. The van der Waals surface area contributed by atoms with E-state index in [-0.39, 0.29) is 5.75 Å². The van der Waals surface area contributed by atoms with Gasteiger partial charge in [0.15, 0.2) is 5.75 Å². The molecule has 0 fully saturated rings. The first-order valence-electron chi connectivity index (χ1n) is 6.74. The molecule has 5 heteroatoms. The number of nitrogens with zero attached hydrogens (tertiary/aromatic N) is 3. The summed E-state index contributed by atoms with van der Waals surface area (Å²) in [6, 6.07) is 7.57. The topological polar surface area (TPSA) is 60.0 Å². The Kier molecular flexibility index (Phi) is 2.86. The number of aryl methyl sites for hydroxylation is 3. The Morgan fingerprint density at radius 3 is 2.38 bits per heavy atom. The van der Waals surface area contributed by atoms with Crippen molar-refractivity contribution in [3.63, 3.8) is 0 Å². The van der Waals surface area contributed by atoms with Gasteiger partial charge in [0.2, 0.25) is 0 Å². The second-order valence-electron chi connectivity index (χ2n) is 5.27. The van der Waals surface area contributed by atoms with Crippen molar-refractivity contribution in [2.24, 2.45) is 14.1 Å². The molecule has 0 bridgehead atoms. The van der Waals surface area contributed by atoms with Crippen molar-refractivity contribution in [1.82, 2.24) is 14.3 Å². The molecule has 21 heavy (non-hydrogen) atoms. The Balaban J connectivity index is 2.57. The number of rotatable bonds is 1. The third-order valence-electron chi connectivity index (χ3n) is 4.04. The summed E-state index contributed by atoms with van der Waals surface area (Å²) in [4.78, 5) is 12.3. The fourth-order valence-corrected chi connectivity index (χ4v) is 2.87. The van der Waals surface area contributed by atoms with Crippen molar-refractivity contribution in [2.75, 3.05) is 0 Å². The highest BCUT2D eigenvalue weighted by Gasteiger charge is 2.21. The SMILES string of the molecule is Cc1nn(C)c(C)c1-c1c(O)c(=O)n(C)c2ccccc12. The summed E-state index contributed by atoms with van der Waals surface area (Å²) in [7, 11) is 3.52. The molecule has 1 N–H and O–H groups in total. The van der Waals surface area contributed by atoms with E-state index in [1.54, 1.807) is 11.7 Å². The monoisotopic (exact) mass is 283 g/mol. The van der Waals surface area contributed by atoms with Crippen LogP contribution in [0.15, 0.2) is 29.1 Å². The number of para-hydroxylation sites is 1. The highest BCUT2D eigenvalue weighted by Crippen LogP contribution is 2.37. The van der Waals surface area contributed by atoms with Gasteiger partial charge < -0.3 is 9.67 Å². The molecule has 0 unspecified atom stereocenters. The Labute approximate surface area is 122 Å². The van der Waals surface area contributed by atoms with Crippen LogP contribution in [-0.4, -0.2) is 19.5 Å². The van der Waals surface area contributed by atoms with Gasteiger partial charge in [-0.2, -0.15) is 5.10 Å². The van der Waals surface area contributed by atoms with E-state index in [0.29, 0.717) is 5.56 Å². The van der Waals surface area contributed by atoms with E-state index in [9.17, 15) is 9.90 Å². The predicted octanol–water partition coefficient (Wildman–Crippen LogP) is 2.26. The molecule has 3 rings (SSSR count). The van der Waals surface area contributed by atoms with Crippen LogP contribution in [0, 0.1) is 13.8 Å². The van der Waals surface area contributed by atoms with Gasteiger partial charge in [-0.25, -0.2) is 0 Å². The molecule has 0 amide bonds. The lowest BCUT2D eigenvalue weighted by molar-refractivity contribution is 0.465. The van der Waals surface area contributed by atoms with Gasteiger partial charge in [-0.3, -0.25) is 9.48 Å². The summed E-state index contributed by atoms with van der Waals surface area (Å²) in [6.45, 7) is 3.81. The van der Waals surface area contributed by atoms with E-state index in [1.807, 2.05) is 45.2 Å². The third kappa shape index (κ3) is 1.77. The van der Waals surface area contributed by atoms with Crippen molar-refractivity contribution in [2.45, 2.75) is 13.8 Å². The first-order valence-corrected chi connectivity index (χ1v) is 6.74. The molecule has 1 aromatic carbocycles. The minimum absolute atomic E-state index is 0.226. The zero-order valence-electron chi connectivity index (χ0n) is 12.5. The van der Waals surface area contributed by atoms with Gasteiger partial charge in [-0.15, -0.1) is 0 Å². The first kappa shape index (κ1) is 13.4. The van der Waals surface area contributed by atoms with Gasteiger partial charge in [0.05, 0.1) is 11.2 Å². The smallest absolute Gasteiger partial charge is 0.293 e. The Morgan fingerprint density at radius 1 is 1.10 bits per heavy atom. The van der Waals surface area contributed by atoms with Crippen LogP contribution in [0.5, 0.6) is 5.75 Å². The van der Waals surface area contributed by atoms with Crippen molar-refractivity contribution >= 4 is 10.9 Å². The number of hydrogen-bond acceptors (Lipinski definition) is 3. The summed E-state index contributed by atoms with van der Waals surface area (Å²) in [5, 5.41) is 15.6. The predicted molar refractivity (Wildman–Crippen MR) is 82.5 cm³/mol. The quantitative estimate of drug-likeness (QED) is 0.745. The van der Waals surface area contributed by atoms with E-state index < -0.39 is 5.56 Å². The zero-order chi connectivity index (χ0) is 15.3. The molecular weight excluding hydrogens is 266 g/mol. The molecular formula is C16H17N3O2. The summed E-state index contributed by atoms with van der Waals surface area (Å²) in [5.74, 6) is -0.226. The van der Waals surface area contributed by atoms with Crippen LogP contribution in [0.25, 0.3) is 22.0 Å². The lowest BCUT2D eigenvalue weighted by Gasteiger charge is -2.12. The van der Waals surface area contributed by atoms with Gasteiger partial charge in [0.25, 0.3) is 5.56 Å². The zero-order valence-corrected chi connectivity index (χ0v) is 12.5. The number of benzene rings is 1. The lowest BCUT2D eigenvalue weighted by atomic mass is 9.98. The molecule has 0 aliphatic carbocycles. The van der Waals surface area contributed by atoms with Gasteiger partial charge in [0.1, 0.15) is 0 Å². The minimum atomic E-state index is -0.397. The Bertz CT molecular complexity index is 919. The molecule has 0 saturated heterocycles. The van der Waals surface area contributed by atoms with Gasteiger partial charge >= 0.3 is 0 Å². The number of fused-ring (bicyclic) bond motifs is 1. The molecule has 0 aliphatic heterocycles. The summed E-state index contributed by atoms with van der Waals surface area (Å²) < 4.78 is 3.23. The van der Waals surface area contributed by atoms with Crippen LogP contribution in [-0.2, 0) is 14.1 Å². The molecule has 2 heterocycles. The minimum Gasteiger partial charge on any atom is -0.503 e. The first-order chi connectivity index (χ1) is 9.93. The van der Waals surface area contributed by atoms with Crippen LogP contribution in [0.2, 0.25) is 0 Å². The van der Waals surface area contributed by atoms with Gasteiger partial charge in [-0.05, 0) is 19.9 Å². The van der Waals surface area contributed by atoms with Crippen LogP contribution in [0.4, 0.5) is 0 Å². The highest BCUT2D eigenvalue weighted by molar-refractivity contribution is 5.98. The van der Waals surface area contributed by atoms with E-state index >= 15 is 0 Å².